The number of amides is 1. The maximum atomic E-state index is 12.0. The van der Waals surface area contributed by atoms with Gasteiger partial charge in [-0.05, 0) is 29.7 Å². The fourth-order valence-electron chi connectivity index (χ4n) is 2.10. The SMILES string of the molecule is NC(C(=O)NCCc1ccc(S(N)(=O)=O)cc1)c1ccccc1. The van der Waals surface area contributed by atoms with Crippen LogP contribution in [0.5, 0.6) is 0 Å². The van der Waals surface area contributed by atoms with Crippen molar-refractivity contribution in [3.05, 3.63) is 65.7 Å². The Labute approximate surface area is 135 Å². The molecule has 0 saturated heterocycles. The summed E-state index contributed by atoms with van der Waals surface area (Å²) in [5, 5.41) is 7.80. The topological polar surface area (TPSA) is 115 Å². The van der Waals surface area contributed by atoms with E-state index in [1.165, 1.54) is 12.1 Å². The number of hydrogen-bond acceptors (Lipinski definition) is 4. The third-order valence-corrected chi connectivity index (χ3v) is 4.34. The number of carbonyl (C=O) groups is 1. The van der Waals surface area contributed by atoms with Crippen LogP contribution in [0.3, 0.4) is 0 Å². The summed E-state index contributed by atoms with van der Waals surface area (Å²) < 4.78 is 22.3. The van der Waals surface area contributed by atoms with Crippen molar-refractivity contribution in [2.45, 2.75) is 17.4 Å². The van der Waals surface area contributed by atoms with Gasteiger partial charge in [0.25, 0.3) is 0 Å². The summed E-state index contributed by atoms with van der Waals surface area (Å²) in [6.45, 7) is 0.411. The minimum atomic E-state index is -3.68. The van der Waals surface area contributed by atoms with Gasteiger partial charge in [-0.25, -0.2) is 13.6 Å². The first kappa shape index (κ1) is 17.1. The second-order valence-corrected chi connectivity index (χ2v) is 6.68. The summed E-state index contributed by atoms with van der Waals surface area (Å²) in [5.74, 6) is -0.252. The van der Waals surface area contributed by atoms with Gasteiger partial charge in [0.05, 0.1) is 4.90 Å². The van der Waals surface area contributed by atoms with Crippen LogP contribution >= 0.6 is 0 Å². The van der Waals surface area contributed by atoms with E-state index >= 15 is 0 Å². The highest BCUT2D eigenvalue weighted by molar-refractivity contribution is 7.89. The quantitative estimate of drug-likeness (QED) is 0.721. The van der Waals surface area contributed by atoms with Crippen LogP contribution in [0.1, 0.15) is 17.2 Å². The van der Waals surface area contributed by atoms with Crippen LogP contribution in [0.15, 0.2) is 59.5 Å². The Hall–Kier alpha value is -2.22. The largest absolute Gasteiger partial charge is 0.354 e. The van der Waals surface area contributed by atoms with Gasteiger partial charge >= 0.3 is 0 Å². The highest BCUT2D eigenvalue weighted by Crippen LogP contribution is 2.10. The standard InChI is InChI=1S/C16H19N3O3S/c17-15(13-4-2-1-3-5-13)16(20)19-11-10-12-6-8-14(9-7-12)23(18,21)22/h1-9,15H,10-11,17H2,(H,19,20)(H2,18,21,22). The third-order valence-electron chi connectivity index (χ3n) is 3.41. The first-order valence-corrected chi connectivity index (χ1v) is 8.62. The molecule has 0 fully saturated rings. The number of nitrogens with two attached hydrogens (primary N) is 2. The summed E-state index contributed by atoms with van der Waals surface area (Å²) in [5.41, 5.74) is 7.54. The molecular formula is C16H19N3O3S. The lowest BCUT2D eigenvalue weighted by Crippen LogP contribution is -2.35. The zero-order chi connectivity index (χ0) is 16.9. The fraction of sp³-hybridized carbons (Fsp3) is 0.188. The van der Waals surface area contributed by atoms with Crippen molar-refractivity contribution in [2.24, 2.45) is 10.9 Å². The molecule has 1 amide bonds. The van der Waals surface area contributed by atoms with E-state index in [2.05, 4.69) is 5.32 Å². The lowest BCUT2D eigenvalue weighted by Gasteiger charge is -2.12. The van der Waals surface area contributed by atoms with E-state index in [4.69, 9.17) is 10.9 Å². The van der Waals surface area contributed by atoms with Gasteiger partial charge < -0.3 is 11.1 Å². The Morgan fingerprint density at radius 2 is 1.65 bits per heavy atom. The number of nitrogens with one attached hydrogen (secondary N) is 1. The molecule has 0 bridgehead atoms. The van der Waals surface area contributed by atoms with Crippen molar-refractivity contribution in [2.75, 3.05) is 6.54 Å². The van der Waals surface area contributed by atoms with E-state index < -0.39 is 16.1 Å². The molecule has 0 aliphatic rings. The van der Waals surface area contributed by atoms with Gasteiger partial charge in [-0.3, -0.25) is 4.79 Å². The van der Waals surface area contributed by atoms with Crippen LogP contribution in [0, 0.1) is 0 Å². The molecule has 5 N–H and O–H groups in total. The number of rotatable bonds is 6. The van der Waals surface area contributed by atoms with Crippen molar-refractivity contribution in [1.82, 2.24) is 5.32 Å². The molecule has 0 radical (unpaired) electrons. The summed E-state index contributed by atoms with van der Waals surface area (Å²) in [4.78, 5) is 12.1. The van der Waals surface area contributed by atoms with Crippen molar-refractivity contribution in [3.63, 3.8) is 0 Å². The van der Waals surface area contributed by atoms with Crippen LogP contribution in [0.25, 0.3) is 0 Å². The van der Waals surface area contributed by atoms with Crippen molar-refractivity contribution in [3.8, 4) is 0 Å². The molecule has 6 nitrogen and oxygen atoms in total. The summed E-state index contributed by atoms with van der Waals surface area (Å²) >= 11 is 0. The van der Waals surface area contributed by atoms with E-state index in [1.807, 2.05) is 18.2 Å². The molecule has 0 spiro atoms. The van der Waals surface area contributed by atoms with Crippen molar-refractivity contribution >= 4 is 15.9 Å². The zero-order valence-corrected chi connectivity index (χ0v) is 13.3. The first-order chi connectivity index (χ1) is 10.9. The molecule has 1 atom stereocenters. The predicted octanol–water partition coefficient (Wildman–Crippen LogP) is 0.693. The Morgan fingerprint density at radius 3 is 2.22 bits per heavy atom. The maximum absolute atomic E-state index is 12.0. The second kappa shape index (κ2) is 7.36. The smallest absolute Gasteiger partial charge is 0.241 e. The van der Waals surface area contributed by atoms with Crippen molar-refractivity contribution in [1.29, 1.82) is 0 Å². The van der Waals surface area contributed by atoms with Gasteiger partial charge in [-0.15, -0.1) is 0 Å². The van der Waals surface area contributed by atoms with Gasteiger partial charge in [-0.1, -0.05) is 42.5 Å². The van der Waals surface area contributed by atoms with Gasteiger partial charge in [0.2, 0.25) is 15.9 Å². The molecular weight excluding hydrogens is 314 g/mol. The zero-order valence-electron chi connectivity index (χ0n) is 12.5. The molecule has 0 aromatic heterocycles. The highest BCUT2D eigenvalue weighted by atomic mass is 32.2. The third kappa shape index (κ3) is 4.88. The fourth-order valence-corrected chi connectivity index (χ4v) is 2.61. The Morgan fingerprint density at radius 1 is 1.04 bits per heavy atom. The summed E-state index contributed by atoms with van der Waals surface area (Å²) in [7, 11) is -3.68. The van der Waals surface area contributed by atoms with E-state index in [1.54, 1.807) is 24.3 Å². The first-order valence-electron chi connectivity index (χ1n) is 7.08. The molecule has 0 heterocycles. The van der Waals surface area contributed by atoms with Crippen LogP contribution < -0.4 is 16.2 Å². The van der Waals surface area contributed by atoms with Gasteiger partial charge in [0, 0.05) is 6.54 Å². The number of primary sulfonamides is 1. The van der Waals surface area contributed by atoms with E-state index in [0.717, 1.165) is 11.1 Å². The molecule has 2 aromatic rings. The minimum absolute atomic E-state index is 0.0661. The number of hydrogen-bond donors (Lipinski definition) is 3. The maximum Gasteiger partial charge on any atom is 0.241 e. The molecule has 1 unspecified atom stereocenters. The lowest BCUT2D eigenvalue weighted by molar-refractivity contribution is -0.122. The van der Waals surface area contributed by atoms with E-state index in [0.29, 0.717) is 13.0 Å². The molecule has 2 rings (SSSR count). The van der Waals surface area contributed by atoms with E-state index in [-0.39, 0.29) is 10.8 Å². The summed E-state index contributed by atoms with van der Waals surface area (Å²) in [6, 6.07) is 14.6. The van der Waals surface area contributed by atoms with Crippen LogP contribution in [-0.4, -0.2) is 20.9 Å². The summed E-state index contributed by atoms with van der Waals surface area (Å²) in [6.07, 6.45) is 0.568. The molecule has 0 aliphatic heterocycles. The normalized spacial score (nSPS) is 12.6. The Bertz CT molecular complexity index is 759. The predicted molar refractivity (Wildman–Crippen MR) is 87.9 cm³/mol. The number of benzene rings is 2. The van der Waals surface area contributed by atoms with Gasteiger partial charge in [-0.2, -0.15) is 0 Å². The van der Waals surface area contributed by atoms with Crippen LogP contribution in [-0.2, 0) is 21.2 Å². The van der Waals surface area contributed by atoms with E-state index in [9.17, 15) is 13.2 Å². The Balaban J connectivity index is 1.86. The molecule has 7 heteroatoms. The van der Waals surface area contributed by atoms with Crippen LogP contribution in [0.2, 0.25) is 0 Å². The number of sulfonamides is 1. The molecule has 2 aromatic carbocycles. The lowest BCUT2D eigenvalue weighted by atomic mass is 10.1. The molecule has 0 saturated carbocycles. The molecule has 0 aliphatic carbocycles. The average Bonchev–Trinajstić information content (AvgIpc) is 2.54. The van der Waals surface area contributed by atoms with Gasteiger partial charge in [0.15, 0.2) is 0 Å². The Kier molecular flexibility index (Phi) is 5.49. The number of carbonyl (C=O) groups excluding carboxylic acids is 1. The highest BCUT2D eigenvalue weighted by Gasteiger charge is 2.14. The monoisotopic (exact) mass is 333 g/mol. The van der Waals surface area contributed by atoms with Gasteiger partial charge in [0.1, 0.15) is 6.04 Å². The molecule has 23 heavy (non-hydrogen) atoms. The van der Waals surface area contributed by atoms with Crippen molar-refractivity contribution < 1.29 is 13.2 Å². The minimum Gasteiger partial charge on any atom is -0.354 e. The van der Waals surface area contributed by atoms with Crippen LogP contribution in [0.4, 0.5) is 0 Å². The second-order valence-electron chi connectivity index (χ2n) is 5.12. The average molecular weight is 333 g/mol. The molecule has 122 valence electrons.